The highest BCUT2D eigenvalue weighted by atomic mass is 35.5. The monoisotopic (exact) mass is 419 g/mol. The number of methoxy groups -OCH3 is 3. The lowest BCUT2D eigenvalue weighted by atomic mass is 9.81. The van der Waals surface area contributed by atoms with Gasteiger partial charge in [-0.15, -0.1) is 0 Å². The van der Waals surface area contributed by atoms with Crippen LogP contribution in [0.5, 0.6) is 17.2 Å². The van der Waals surface area contributed by atoms with Gasteiger partial charge in [-0.1, -0.05) is 30.7 Å². The van der Waals surface area contributed by atoms with Gasteiger partial charge >= 0.3 is 0 Å². The van der Waals surface area contributed by atoms with E-state index in [-0.39, 0.29) is 11.3 Å². The van der Waals surface area contributed by atoms with Gasteiger partial charge in [0.05, 0.1) is 21.3 Å². The van der Waals surface area contributed by atoms with Crippen LogP contribution in [0.3, 0.4) is 0 Å². The predicted molar refractivity (Wildman–Crippen MR) is 117 cm³/mol. The van der Waals surface area contributed by atoms with Gasteiger partial charge in [-0.25, -0.2) is 0 Å². The molecule has 0 heterocycles. The van der Waals surface area contributed by atoms with Crippen LogP contribution in [-0.2, 0) is 5.54 Å². The summed E-state index contributed by atoms with van der Waals surface area (Å²) >= 11 is 6.07. The lowest BCUT2D eigenvalue weighted by Gasteiger charge is -2.40. The Labute approximate surface area is 178 Å². The largest absolute Gasteiger partial charge is 0.493 e. The molecule has 2 aromatic carbocycles. The molecule has 0 aromatic heterocycles. The smallest absolute Gasteiger partial charge is 0.203 e. The molecule has 158 valence electrons. The molecule has 2 aromatic rings. The van der Waals surface area contributed by atoms with E-state index in [4.69, 9.17) is 25.8 Å². The van der Waals surface area contributed by atoms with Crippen LogP contribution in [-0.4, -0.2) is 46.1 Å². The molecule has 1 atom stereocenters. The molecule has 2 rings (SSSR count). The van der Waals surface area contributed by atoms with Crippen molar-refractivity contribution in [2.24, 2.45) is 0 Å². The van der Waals surface area contributed by atoms with E-state index in [0.29, 0.717) is 40.7 Å². The van der Waals surface area contributed by atoms with Crippen molar-refractivity contribution in [3.63, 3.8) is 0 Å². The molecule has 5 nitrogen and oxygen atoms in total. The zero-order valence-electron chi connectivity index (χ0n) is 18.0. The summed E-state index contributed by atoms with van der Waals surface area (Å²) in [6.45, 7) is 2.14. The van der Waals surface area contributed by atoms with E-state index >= 15 is 0 Å². The summed E-state index contributed by atoms with van der Waals surface area (Å²) in [6, 6.07) is 11.3. The first-order valence-corrected chi connectivity index (χ1v) is 9.97. The standard InChI is InChI=1S/C23H30ClNO4/c1-7-23(25(2)3,17-8-10-18(24)11-9-17)13-12-19(26)16-14-20(27-4)22(29-6)21(15-16)28-5/h8-11,14-15H,7,12-13H2,1-6H3. The number of nitrogens with zero attached hydrogens (tertiary/aromatic N) is 1. The summed E-state index contributed by atoms with van der Waals surface area (Å²) < 4.78 is 16.1. The second kappa shape index (κ2) is 9.99. The fourth-order valence-corrected chi connectivity index (χ4v) is 3.92. The molecule has 0 saturated carbocycles. The second-order valence-electron chi connectivity index (χ2n) is 7.12. The van der Waals surface area contributed by atoms with Crippen molar-refractivity contribution in [2.45, 2.75) is 31.7 Å². The molecule has 0 amide bonds. The molecule has 0 radical (unpaired) electrons. The summed E-state index contributed by atoms with van der Waals surface area (Å²) in [5.41, 5.74) is 1.42. The maximum atomic E-state index is 13.1. The summed E-state index contributed by atoms with van der Waals surface area (Å²) in [5, 5.41) is 0.700. The molecular weight excluding hydrogens is 390 g/mol. The van der Waals surface area contributed by atoms with Crippen LogP contribution in [0.25, 0.3) is 0 Å². The van der Waals surface area contributed by atoms with Gasteiger partial charge in [0, 0.05) is 22.5 Å². The van der Waals surface area contributed by atoms with E-state index in [0.717, 1.165) is 12.0 Å². The number of ether oxygens (including phenoxy) is 3. The Kier molecular flexibility index (Phi) is 7.94. The van der Waals surface area contributed by atoms with E-state index in [1.54, 1.807) is 33.5 Å². The van der Waals surface area contributed by atoms with Crippen molar-refractivity contribution in [1.82, 2.24) is 4.90 Å². The molecule has 0 fully saturated rings. The number of ketones is 1. The minimum Gasteiger partial charge on any atom is -0.493 e. The molecule has 0 aliphatic rings. The second-order valence-corrected chi connectivity index (χ2v) is 7.56. The van der Waals surface area contributed by atoms with Crippen LogP contribution in [0.1, 0.15) is 42.1 Å². The van der Waals surface area contributed by atoms with Crippen molar-refractivity contribution >= 4 is 17.4 Å². The highest BCUT2D eigenvalue weighted by Gasteiger charge is 2.33. The number of halogens is 1. The molecule has 0 aliphatic heterocycles. The summed E-state index contributed by atoms with van der Waals surface area (Å²) in [5.74, 6) is 1.45. The number of carbonyl (C=O) groups is 1. The average Bonchev–Trinajstić information content (AvgIpc) is 2.73. The van der Waals surface area contributed by atoms with Crippen molar-refractivity contribution in [3.8, 4) is 17.2 Å². The first-order chi connectivity index (χ1) is 13.8. The molecular formula is C23H30ClNO4. The normalized spacial score (nSPS) is 13.1. The van der Waals surface area contributed by atoms with E-state index in [1.165, 1.54) is 0 Å². The Hall–Kier alpha value is -2.24. The number of Topliss-reactive ketones (excluding diaryl/α,β-unsaturated/α-hetero) is 1. The Morgan fingerprint density at radius 2 is 1.55 bits per heavy atom. The Balaban J connectivity index is 2.32. The summed E-state index contributed by atoms with van der Waals surface area (Å²) in [7, 11) is 8.71. The van der Waals surface area contributed by atoms with Crippen LogP contribution in [0.15, 0.2) is 36.4 Å². The Bertz CT molecular complexity index is 810. The molecule has 6 heteroatoms. The molecule has 0 saturated heterocycles. The predicted octanol–water partition coefficient (Wildman–Crippen LogP) is 5.20. The van der Waals surface area contributed by atoms with Gasteiger partial charge in [0.2, 0.25) is 5.75 Å². The molecule has 29 heavy (non-hydrogen) atoms. The minimum atomic E-state index is -0.263. The van der Waals surface area contributed by atoms with Crippen molar-refractivity contribution < 1.29 is 19.0 Å². The topological polar surface area (TPSA) is 48.0 Å². The third kappa shape index (κ3) is 4.85. The zero-order valence-corrected chi connectivity index (χ0v) is 18.8. The zero-order chi connectivity index (χ0) is 21.6. The highest BCUT2D eigenvalue weighted by molar-refractivity contribution is 6.30. The van der Waals surface area contributed by atoms with Crippen LogP contribution in [0.4, 0.5) is 0 Å². The van der Waals surface area contributed by atoms with E-state index in [2.05, 4.69) is 11.8 Å². The SMILES string of the molecule is CCC(CCC(=O)c1cc(OC)c(OC)c(OC)c1)(c1ccc(Cl)cc1)N(C)C. The maximum Gasteiger partial charge on any atom is 0.203 e. The molecule has 0 aliphatic carbocycles. The van der Waals surface area contributed by atoms with Gasteiger partial charge in [0.25, 0.3) is 0 Å². The summed E-state index contributed by atoms with van der Waals surface area (Å²) in [4.78, 5) is 15.2. The molecule has 0 N–H and O–H groups in total. The van der Waals surface area contributed by atoms with Crippen molar-refractivity contribution in [1.29, 1.82) is 0 Å². The third-order valence-corrected chi connectivity index (χ3v) is 5.83. The summed E-state index contributed by atoms with van der Waals surface area (Å²) in [6.07, 6.45) is 1.92. The molecule has 0 bridgehead atoms. The third-order valence-electron chi connectivity index (χ3n) is 5.57. The Morgan fingerprint density at radius 1 is 1.00 bits per heavy atom. The van der Waals surface area contributed by atoms with E-state index < -0.39 is 0 Å². The first kappa shape index (κ1) is 23.0. The number of rotatable bonds is 10. The lowest BCUT2D eigenvalue weighted by molar-refractivity contribution is 0.0900. The minimum absolute atomic E-state index is 0.0258. The van der Waals surface area contributed by atoms with Gasteiger partial charge in [-0.2, -0.15) is 0 Å². The first-order valence-electron chi connectivity index (χ1n) is 9.59. The number of hydrogen-bond donors (Lipinski definition) is 0. The fraction of sp³-hybridized carbons (Fsp3) is 0.435. The van der Waals surface area contributed by atoms with Crippen LogP contribution < -0.4 is 14.2 Å². The molecule has 1 unspecified atom stereocenters. The number of benzene rings is 2. The van der Waals surface area contributed by atoms with Crippen LogP contribution in [0, 0.1) is 0 Å². The quantitative estimate of drug-likeness (QED) is 0.495. The van der Waals surface area contributed by atoms with E-state index in [1.807, 2.05) is 38.4 Å². The average molecular weight is 420 g/mol. The maximum absolute atomic E-state index is 13.1. The Morgan fingerprint density at radius 3 is 1.97 bits per heavy atom. The van der Waals surface area contributed by atoms with E-state index in [9.17, 15) is 4.79 Å². The fourth-order valence-electron chi connectivity index (χ4n) is 3.79. The van der Waals surface area contributed by atoms with Crippen molar-refractivity contribution in [3.05, 3.63) is 52.5 Å². The van der Waals surface area contributed by atoms with Gasteiger partial charge < -0.3 is 14.2 Å². The van der Waals surface area contributed by atoms with Crippen LogP contribution >= 0.6 is 11.6 Å². The lowest BCUT2D eigenvalue weighted by Crippen LogP contribution is -2.41. The number of hydrogen-bond acceptors (Lipinski definition) is 5. The van der Waals surface area contributed by atoms with Gasteiger partial charge in [-0.05, 0) is 56.8 Å². The van der Waals surface area contributed by atoms with Crippen molar-refractivity contribution in [2.75, 3.05) is 35.4 Å². The van der Waals surface area contributed by atoms with Crippen LogP contribution in [0.2, 0.25) is 5.02 Å². The van der Waals surface area contributed by atoms with Gasteiger partial charge in [0.15, 0.2) is 17.3 Å². The number of carbonyl (C=O) groups excluding carboxylic acids is 1. The highest BCUT2D eigenvalue weighted by Crippen LogP contribution is 2.40. The van der Waals surface area contributed by atoms with Gasteiger partial charge in [-0.3, -0.25) is 9.69 Å². The molecule has 0 spiro atoms. The van der Waals surface area contributed by atoms with Gasteiger partial charge in [0.1, 0.15) is 0 Å².